The van der Waals surface area contributed by atoms with Gasteiger partial charge in [0.1, 0.15) is 5.78 Å². The van der Waals surface area contributed by atoms with E-state index in [2.05, 4.69) is 0 Å². The Kier molecular flexibility index (Phi) is 4.48. The first-order valence-electron chi connectivity index (χ1n) is 6.23. The molecule has 19 heavy (non-hydrogen) atoms. The van der Waals surface area contributed by atoms with Crippen LogP contribution in [0.2, 0.25) is 10.0 Å². The predicted molar refractivity (Wildman–Crippen MR) is 75.8 cm³/mol. The monoisotopic (exact) mass is 299 g/mol. The fraction of sp³-hybridized carbons (Fsp3) is 0.429. The molecule has 1 fully saturated rings. The summed E-state index contributed by atoms with van der Waals surface area (Å²) < 4.78 is 0. The molecule has 0 radical (unpaired) electrons. The van der Waals surface area contributed by atoms with Gasteiger partial charge in [0.05, 0.1) is 10.6 Å². The number of nitrogens with zero attached hydrogens (tertiary/aromatic N) is 1. The van der Waals surface area contributed by atoms with Crippen LogP contribution in [-0.4, -0.2) is 29.7 Å². The van der Waals surface area contributed by atoms with Gasteiger partial charge in [-0.15, -0.1) is 0 Å². The van der Waals surface area contributed by atoms with E-state index in [1.54, 1.807) is 30.1 Å². The summed E-state index contributed by atoms with van der Waals surface area (Å²) in [6.07, 6.45) is 2.56. The topological polar surface area (TPSA) is 37.4 Å². The number of hydrogen-bond donors (Lipinski definition) is 0. The van der Waals surface area contributed by atoms with Gasteiger partial charge in [-0.05, 0) is 31.0 Å². The van der Waals surface area contributed by atoms with Crippen molar-refractivity contribution < 1.29 is 9.59 Å². The maximum absolute atomic E-state index is 12.4. The summed E-state index contributed by atoms with van der Waals surface area (Å²) in [6, 6.07) is 4.96. The number of carbonyl (C=O) groups is 2. The number of carbonyl (C=O) groups excluding carboxylic acids is 2. The van der Waals surface area contributed by atoms with E-state index >= 15 is 0 Å². The molecule has 1 aromatic carbocycles. The highest BCUT2D eigenvalue weighted by Crippen LogP contribution is 2.25. The molecule has 102 valence electrons. The van der Waals surface area contributed by atoms with Gasteiger partial charge >= 0.3 is 0 Å². The van der Waals surface area contributed by atoms with Gasteiger partial charge in [-0.2, -0.15) is 0 Å². The minimum Gasteiger partial charge on any atom is -0.339 e. The largest absolute Gasteiger partial charge is 0.339 e. The van der Waals surface area contributed by atoms with Crippen LogP contribution in [-0.2, 0) is 4.79 Å². The first kappa shape index (κ1) is 14.4. The van der Waals surface area contributed by atoms with Crippen molar-refractivity contribution in [1.29, 1.82) is 0 Å². The summed E-state index contributed by atoms with van der Waals surface area (Å²) >= 11 is 11.9. The van der Waals surface area contributed by atoms with Gasteiger partial charge in [0, 0.05) is 31.0 Å². The van der Waals surface area contributed by atoms with Gasteiger partial charge in [0.15, 0.2) is 0 Å². The van der Waals surface area contributed by atoms with Crippen LogP contribution < -0.4 is 0 Å². The van der Waals surface area contributed by atoms with Crippen molar-refractivity contribution in [2.24, 2.45) is 0 Å². The van der Waals surface area contributed by atoms with Crippen LogP contribution in [0.5, 0.6) is 0 Å². The molecular weight excluding hydrogens is 285 g/mol. The fourth-order valence-corrected chi connectivity index (χ4v) is 2.82. The average molecular weight is 300 g/mol. The molecule has 0 saturated heterocycles. The molecule has 0 N–H and O–H groups in total. The van der Waals surface area contributed by atoms with E-state index in [0.29, 0.717) is 28.5 Å². The zero-order chi connectivity index (χ0) is 14.0. The molecule has 1 amide bonds. The molecule has 0 heterocycles. The Balaban J connectivity index is 2.12. The Morgan fingerprint density at radius 3 is 2.47 bits per heavy atom. The van der Waals surface area contributed by atoms with E-state index < -0.39 is 0 Å². The Labute approximate surface area is 122 Å². The predicted octanol–water partition coefficient (Wildman–Crippen LogP) is 3.58. The minimum absolute atomic E-state index is 0.108. The molecule has 0 aromatic heterocycles. The van der Waals surface area contributed by atoms with Crippen LogP contribution >= 0.6 is 23.2 Å². The highest BCUT2D eigenvalue weighted by atomic mass is 35.5. The van der Waals surface area contributed by atoms with Gasteiger partial charge in [0.25, 0.3) is 5.91 Å². The lowest BCUT2D eigenvalue weighted by Crippen LogP contribution is -2.39. The zero-order valence-corrected chi connectivity index (χ0v) is 12.2. The molecule has 0 spiro atoms. The third kappa shape index (κ3) is 3.28. The van der Waals surface area contributed by atoms with Gasteiger partial charge in [-0.25, -0.2) is 0 Å². The third-order valence-electron chi connectivity index (χ3n) is 3.54. The molecule has 1 aliphatic rings. The van der Waals surface area contributed by atoms with E-state index in [9.17, 15) is 9.59 Å². The van der Waals surface area contributed by atoms with E-state index in [4.69, 9.17) is 23.2 Å². The summed E-state index contributed by atoms with van der Waals surface area (Å²) in [5.41, 5.74) is 0.450. The van der Waals surface area contributed by atoms with Gasteiger partial charge in [-0.3, -0.25) is 9.59 Å². The summed E-state index contributed by atoms with van der Waals surface area (Å²) in [5.74, 6) is 0.155. The van der Waals surface area contributed by atoms with Crippen LogP contribution in [0.3, 0.4) is 0 Å². The summed E-state index contributed by atoms with van der Waals surface area (Å²) in [5, 5.41) is 0.865. The smallest absolute Gasteiger partial charge is 0.255 e. The number of benzene rings is 1. The average Bonchev–Trinajstić information content (AvgIpc) is 2.38. The molecule has 1 aromatic rings. The van der Waals surface area contributed by atoms with Gasteiger partial charge in [0.2, 0.25) is 0 Å². The molecular formula is C14H15Cl2NO2. The van der Waals surface area contributed by atoms with Crippen LogP contribution in [0, 0.1) is 0 Å². The van der Waals surface area contributed by atoms with Crippen molar-refractivity contribution in [3.05, 3.63) is 33.8 Å². The summed E-state index contributed by atoms with van der Waals surface area (Å²) in [6.45, 7) is 0. The maximum atomic E-state index is 12.4. The van der Waals surface area contributed by atoms with Crippen molar-refractivity contribution in [3.63, 3.8) is 0 Å². The van der Waals surface area contributed by atoms with E-state index in [1.807, 2.05) is 0 Å². The van der Waals surface area contributed by atoms with Crippen molar-refractivity contribution in [3.8, 4) is 0 Å². The number of halogens is 2. The number of Topliss-reactive ketones (excluding diaryl/α,β-unsaturated/α-hetero) is 1. The Bertz CT molecular complexity index is 506. The maximum Gasteiger partial charge on any atom is 0.255 e. The molecule has 2 rings (SSSR count). The molecule has 0 atom stereocenters. The van der Waals surface area contributed by atoms with Crippen LogP contribution in [0.15, 0.2) is 18.2 Å². The quantitative estimate of drug-likeness (QED) is 0.837. The normalized spacial score (nSPS) is 16.5. The molecule has 1 saturated carbocycles. The summed E-state index contributed by atoms with van der Waals surface area (Å²) in [7, 11) is 1.76. The second-order valence-corrected chi connectivity index (χ2v) is 5.65. The van der Waals surface area contributed by atoms with E-state index in [1.165, 1.54) is 0 Å². The highest BCUT2D eigenvalue weighted by molar-refractivity contribution is 6.36. The molecule has 3 nitrogen and oxygen atoms in total. The fourth-order valence-electron chi connectivity index (χ4n) is 2.33. The van der Waals surface area contributed by atoms with Crippen molar-refractivity contribution in [1.82, 2.24) is 4.90 Å². The third-order valence-corrected chi connectivity index (χ3v) is 4.09. The standard InChI is InChI=1S/C14H15Cl2NO2/c1-17(10-3-5-11(18)6-4-10)14(19)12-7-2-9(15)8-13(12)16/h2,7-8,10H,3-6H2,1H3. The SMILES string of the molecule is CN(C(=O)c1ccc(Cl)cc1Cl)C1CCC(=O)CC1. The number of ketones is 1. The number of hydrogen-bond acceptors (Lipinski definition) is 2. The minimum atomic E-state index is -0.124. The second-order valence-electron chi connectivity index (χ2n) is 4.81. The highest BCUT2D eigenvalue weighted by Gasteiger charge is 2.26. The Hall–Kier alpha value is -1.06. The van der Waals surface area contributed by atoms with Crippen molar-refractivity contribution >= 4 is 34.9 Å². The molecule has 0 unspecified atom stereocenters. The van der Waals surface area contributed by atoms with Gasteiger partial charge < -0.3 is 4.90 Å². The van der Waals surface area contributed by atoms with Gasteiger partial charge in [-0.1, -0.05) is 23.2 Å². The first-order valence-corrected chi connectivity index (χ1v) is 6.98. The molecule has 0 aliphatic heterocycles. The lowest BCUT2D eigenvalue weighted by molar-refractivity contribution is -0.121. The van der Waals surface area contributed by atoms with Crippen molar-refractivity contribution in [2.75, 3.05) is 7.05 Å². The van der Waals surface area contributed by atoms with Crippen LogP contribution in [0.1, 0.15) is 36.0 Å². The van der Waals surface area contributed by atoms with E-state index in [-0.39, 0.29) is 17.7 Å². The van der Waals surface area contributed by atoms with Crippen LogP contribution in [0.4, 0.5) is 0 Å². The Morgan fingerprint density at radius 2 is 1.89 bits per heavy atom. The molecule has 1 aliphatic carbocycles. The Morgan fingerprint density at radius 1 is 1.26 bits per heavy atom. The second kappa shape index (κ2) is 5.93. The lowest BCUT2D eigenvalue weighted by atomic mass is 9.93. The molecule has 5 heteroatoms. The summed E-state index contributed by atoms with van der Waals surface area (Å²) in [4.78, 5) is 25.3. The zero-order valence-electron chi connectivity index (χ0n) is 10.7. The van der Waals surface area contributed by atoms with Crippen LogP contribution in [0.25, 0.3) is 0 Å². The van der Waals surface area contributed by atoms with E-state index in [0.717, 1.165) is 12.8 Å². The number of rotatable bonds is 2. The lowest BCUT2D eigenvalue weighted by Gasteiger charge is -2.31. The molecule has 0 bridgehead atoms. The van der Waals surface area contributed by atoms with Crippen molar-refractivity contribution in [2.45, 2.75) is 31.7 Å². The number of amides is 1. The first-order chi connectivity index (χ1) is 8.99.